The van der Waals surface area contributed by atoms with Crippen LogP contribution in [0.15, 0.2) is 24.7 Å². The van der Waals surface area contributed by atoms with Gasteiger partial charge in [-0.3, -0.25) is 0 Å². The minimum absolute atomic E-state index is 0.186. The van der Waals surface area contributed by atoms with Gasteiger partial charge in [-0.1, -0.05) is 0 Å². The fourth-order valence-electron chi connectivity index (χ4n) is 1.14. The number of aromatic nitrogens is 3. The summed E-state index contributed by atoms with van der Waals surface area (Å²) in [6, 6.07) is 3.74. The number of rotatable bonds is 2. The van der Waals surface area contributed by atoms with E-state index in [-0.39, 0.29) is 6.10 Å². The molecule has 0 N–H and O–H groups in total. The quantitative estimate of drug-likeness (QED) is 0.698. The maximum atomic E-state index is 5.51. The van der Waals surface area contributed by atoms with Crippen molar-refractivity contribution >= 4 is 5.65 Å². The van der Waals surface area contributed by atoms with Crippen molar-refractivity contribution in [2.45, 2.75) is 20.0 Å². The van der Waals surface area contributed by atoms with Crippen molar-refractivity contribution in [3.8, 4) is 5.75 Å². The van der Waals surface area contributed by atoms with Gasteiger partial charge < -0.3 is 4.74 Å². The summed E-state index contributed by atoms with van der Waals surface area (Å²) < 4.78 is 7.21. The third kappa shape index (κ3) is 1.61. The summed E-state index contributed by atoms with van der Waals surface area (Å²) in [5.41, 5.74) is 0.804. The zero-order valence-electron chi connectivity index (χ0n) is 7.64. The van der Waals surface area contributed by atoms with Crippen LogP contribution in [0.1, 0.15) is 13.8 Å². The molecular formula is C9H11N3O. The summed E-state index contributed by atoms with van der Waals surface area (Å²) in [7, 11) is 0. The third-order valence-corrected chi connectivity index (χ3v) is 1.62. The van der Waals surface area contributed by atoms with Gasteiger partial charge in [-0.25, -0.2) is 9.50 Å². The molecule has 0 bridgehead atoms. The Morgan fingerprint density at radius 3 is 3.08 bits per heavy atom. The van der Waals surface area contributed by atoms with Crippen LogP contribution in [0.5, 0.6) is 5.75 Å². The summed E-state index contributed by atoms with van der Waals surface area (Å²) in [6.45, 7) is 3.99. The Morgan fingerprint density at radius 2 is 2.31 bits per heavy atom. The smallest absolute Gasteiger partial charge is 0.158 e. The lowest BCUT2D eigenvalue weighted by Gasteiger charge is -2.08. The first-order valence-electron chi connectivity index (χ1n) is 4.22. The van der Waals surface area contributed by atoms with Crippen LogP contribution in [-0.2, 0) is 0 Å². The average molecular weight is 177 g/mol. The standard InChI is InChI=1S/C9H11N3O/c1-7(2)13-8-3-4-12-9(5-8)10-6-11-12/h3-7H,1-2H3. The van der Waals surface area contributed by atoms with Gasteiger partial charge in [0.05, 0.1) is 6.10 Å². The molecule has 4 nitrogen and oxygen atoms in total. The van der Waals surface area contributed by atoms with Gasteiger partial charge in [-0.15, -0.1) is 0 Å². The van der Waals surface area contributed by atoms with Crippen molar-refractivity contribution in [1.82, 2.24) is 14.6 Å². The first-order valence-corrected chi connectivity index (χ1v) is 4.22. The van der Waals surface area contributed by atoms with Gasteiger partial charge in [0.15, 0.2) is 5.65 Å². The molecule has 0 aliphatic rings. The van der Waals surface area contributed by atoms with E-state index in [1.54, 1.807) is 4.52 Å². The molecule has 2 rings (SSSR count). The largest absolute Gasteiger partial charge is 0.491 e. The second-order valence-corrected chi connectivity index (χ2v) is 3.09. The van der Waals surface area contributed by atoms with Gasteiger partial charge in [0.1, 0.15) is 12.1 Å². The normalized spacial score (nSPS) is 11.0. The Labute approximate surface area is 76.2 Å². The zero-order chi connectivity index (χ0) is 9.26. The van der Waals surface area contributed by atoms with Crippen molar-refractivity contribution < 1.29 is 4.74 Å². The van der Waals surface area contributed by atoms with Crippen molar-refractivity contribution in [2.24, 2.45) is 0 Å². The van der Waals surface area contributed by atoms with Gasteiger partial charge in [-0.2, -0.15) is 5.10 Å². The molecule has 0 aliphatic carbocycles. The van der Waals surface area contributed by atoms with Gasteiger partial charge in [0.25, 0.3) is 0 Å². The molecule has 0 aliphatic heterocycles. The van der Waals surface area contributed by atoms with E-state index in [9.17, 15) is 0 Å². The average Bonchev–Trinajstić information content (AvgIpc) is 2.49. The molecule has 2 aromatic rings. The van der Waals surface area contributed by atoms with Gasteiger partial charge in [0, 0.05) is 12.3 Å². The highest BCUT2D eigenvalue weighted by atomic mass is 16.5. The lowest BCUT2D eigenvalue weighted by Crippen LogP contribution is -2.05. The van der Waals surface area contributed by atoms with Crippen molar-refractivity contribution in [1.29, 1.82) is 0 Å². The monoisotopic (exact) mass is 177 g/mol. The molecule has 68 valence electrons. The lowest BCUT2D eigenvalue weighted by atomic mass is 10.4. The Kier molecular flexibility index (Phi) is 1.88. The van der Waals surface area contributed by atoms with Crippen molar-refractivity contribution in [3.63, 3.8) is 0 Å². The van der Waals surface area contributed by atoms with Crippen LogP contribution in [0.25, 0.3) is 5.65 Å². The molecule has 2 aromatic heterocycles. The Bertz CT molecular complexity index is 408. The van der Waals surface area contributed by atoms with E-state index in [1.165, 1.54) is 6.33 Å². The summed E-state index contributed by atoms with van der Waals surface area (Å²) in [6.07, 6.45) is 3.54. The molecule has 4 heteroatoms. The molecule has 0 fully saturated rings. The molecule has 0 amide bonds. The molecule has 0 aromatic carbocycles. The maximum absolute atomic E-state index is 5.51. The van der Waals surface area contributed by atoms with Crippen LogP contribution in [0.2, 0.25) is 0 Å². The van der Waals surface area contributed by atoms with E-state index < -0.39 is 0 Å². The molecule has 0 radical (unpaired) electrons. The van der Waals surface area contributed by atoms with Gasteiger partial charge >= 0.3 is 0 Å². The fourth-order valence-corrected chi connectivity index (χ4v) is 1.14. The molecule has 0 atom stereocenters. The first kappa shape index (κ1) is 8.04. The number of nitrogens with zero attached hydrogens (tertiary/aromatic N) is 3. The highest BCUT2D eigenvalue weighted by molar-refractivity contribution is 5.42. The summed E-state index contributed by atoms with van der Waals surface area (Å²) in [5.74, 6) is 0.829. The zero-order valence-corrected chi connectivity index (χ0v) is 7.64. The van der Waals surface area contributed by atoms with Crippen LogP contribution >= 0.6 is 0 Å². The summed E-state index contributed by atoms with van der Waals surface area (Å²) in [5, 5.41) is 3.99. The van der Waals surface area contributed by atoms with E-state index in [0.29, 0.717) is 0 Å². The summed E-state index contributed by atoms with van der Waals surface area (Å²) in [4.78, 5) is 4.06. The van der Waals surface area contributed by atoms with E-state index in [0.717, 1.165) is 11.4 Å². The lowest BCUT2D eigenvalue weighted by molar-refractivity contribution is 0.242. The number of hydrogen-bond donors (Lipinski definition) is 0. The first-order chi connectivity index (χ1) is 6.25. The minimum Gasteiger partial charge on any atom is -0.491 e. The Balaban J connectivity index is 2.37. The topological polar surface area (TPSA) is 39.4 Å². The Morgan fingerprint density at radius 1 is 1.46 bits per heavy atom. The van der Waals surface area contributed by atoms with Crippen molar-refractivity contribution in [3.05, 3.63) is 24.7 Å². The minimum atomic E-state index is 0.186. The summed E-state index contributed by atoms with van der Waals surface area (Å²) >= 11 is 0. The molecule has 2 heterocycles. The molecule has 0 saturated carbocycles. The molecule has 0 unspecified atom stereocenters. The van der Waals surface area contributed by atoms with Crippen LogP contribution in [0.3, 0.4) is 0 Å². The van der Waals surface area contributed by atoms with E-state index in [1.807, 2.05) is 32.2 Å². The van der Waals surface area contributed by atoms with Crippen LogP contribution in [0, 0.1) is 0 Å². The number of fused-ring (bicyclic) bond motifs is 1. The predicted molar refractivity (Wildman–Crippen MR) is 48.8 cm³/mol. The number of ether oxygens (including phenoxy) is 1. The molecule has 13 heavy (non-hydrogen) atoms. The fraction of sp³-hybridized carbons (Fsp3) is 0.333. The molecular weight excluding hydrogens is 166 g/mol. The predicted octanol–water partition coefficient (Wildman–Crippen LogP) is 1.52. The molecule has 0 saturated heterocycles. The highest BCUT2D eigenvalue weighted by Crippen LogP contribution is 2.13. The highest BCUT2D eigenvalue weighted by Gasteiger charge is 2.00. The second kappa shape index (κ2) is 3.05. The van der Waals surface area contributed by atoms with Crippen LogP contribution < -0.4 is 4.74 Å². The van der Waals surface area contributed by atoms with Gasteiger partial charge in [-0.05, 0) is 19.9 Å². The van der Waals surface area contributed by atoms with E-state index in [2.05, 4.69) is 10.1 Å². The number of hydrogen-bond acceptors (Lipinski definition) is 3. The van der Waals surface area contributed by atoms with Gasteiger partial charge in [0.2, 0.25) is 0 Å². The maximum Gasteiger partial charge on any atom is 0.158 e. The third-order valence-electron chi connectivity index (χ3n) is 1.62. The van der Waals surface area contributed by atoms with E-state index >= 15 is 0 Å². The van der Waals surface area contributed by atoms with Crippen LogP contribution in [0.4, 0.5) is 0 Å². The van der Waals surface area contributed by atoms with Crippen molar-refractivity contribution in [2.75, 3.05) is 0 Å². The number of pyridine rings is 1. The Hall–Kier alpha value is -1.58. The van der Waals surface area contributed by atoms with Crippen LogP contribution in [-0.4, -0.2) is 20.7 Å². The molecule has 0 spiro atoms. The SMILES string of the molecule is CC(C)Oc1ccn2ncnc2c1. The second-order valence-electron chi connectivity index (χ2n) is 3.09. The van der Waals surface area contributed by atoms with E-state index in [4.69, 9.17) is 4.74 Å².